The number of carbonyl (C=O) groups excluding carboxylic acids is 2. The molecule has 6 N–H and O–H groups in total. The molecule has 2 aliphatic rings. The zero-order valence-electron chi connectivity index (χ0n) is 74.2. The van der Waals surface area contributed by atoms with Gasteiger partial charge < -0.3 is 101 Å². The van der Waals surface area contributed by atoms with E-state index in [4.69, 9.17) is 96.1 Å². The monoisotopic (exact) mass is 1770 g/mol. The van der Waals surface area contributed by atoms with Crippen molar-refractivity contribution in [2.75, 3.05) is 244 Å². The summed E-state index contributed by atoms with van der Waals surface area (Å²) < 4.78 is 173. The van der Waals surface area contributed by atoms with Gasteiger partial charge in [-0.15, -0.1) is 0 Å². The van der Waals surface area contributed by atoms with Crippen molar-refractivity contribution in [3.8, 4) is 22.5 Å². The van der Waals surface area contributed by atoms with Crippen molar-refractivity contribution >= 4 is 48.7 Å². The Hall–Kier alpha value is -4.99. The highest BCUT2D eigenvalue weighted by Gasteiger charge is 2.32. The van der Waals surface area contributed by atoms with Crippen LogP contribution in [0.4, 0.5) is 5.69 Å². The SMILES string of the molecule is CCCCCCCCCCCCCCCCOCC(COCCOCCOCCOCCOCCOCCOCCOCCOCCOCCOCCOCCOCCOCCOCCNC(=O)CCCN(C)C(=O)c1ccccc1-c1c2ccc(=N)c(S(=O)(=O)O)c-2oc2c(S(=O)(=O)O)c(N)ccc12)OCCCCCCCCCCCCCCCC. The number of amides is 2. The quantitative estimate of drug-likeness (QED) is 0.0119. The van der Waals surface area contributed by atoms with Gasteiger partial charge in [0.05, 0.1) is 216 Å². The molecule has 1 unspecified atom stereocenters. The van der Waals surface area contributed by atoms with Gasteiger partial charge in [-0.3, -0.25) is 24.1 Å². The molecule has 0 aromatic heterocycles. The minimum absolute atomic E-state index is 0.00461. The number of rotatable bonds is 88. The van der Waals surface area contributed by atoms with Crippen molar-refractivity contribution in [1.82, 2.24) is 10.2 Å². The molecule has 2 aromatic rings. The maximum Gasteiger partial charge on any atom is 0.300 e. The van der Waals surface area contributed by atoms with Gasteiger partial charge in [-0.2, -0.15) is 16.8 Å². The molecule has 30 nitrogen and oxygen atoms in total. The first-order valence-electron chi connectivity index (χ1n) is 45.4. The molecule has 0 saturated heterocycles. The molecule has 4 rings (SSSR count). The van der Waals surface area contributed by atoms with Gasteiger partial charge in [0, 0.05) is 61.8 Å². The highest BCUT2D eigenvalue weighted by Crippen LogP contribution is 2.46. The van der Waals surface area contributed by atoms with E-state index in [2.05, 4.69) is 19.2 Å². The van der Waals surface area contributed by atoms with Crippen LogP contribution < -0.4 is 16.4 Å². The van der Waals surface area contributed by atoms with Crippen molar-refractivity contribution in [3.63, 3.8) is 0 Å². The minimum Gasteiger partial charge on any atom is -0.453 e. The molecule has 0 fully saturated rings. The van der Waals surface area contributed by atoms with E-state index in [0.717, 1.165) is 32.1 Å². The van der Waals surface area contributed by atoms with Gasteiger partial charge >= 0.3 is 0 Å². The Kier molecular flexibility index (Phi) is 66.3. The molecule has 1 heterocycles. The van der Waals surface area contributed by atoms with E-state index in [1.54, 1.807) is 18.2 Å². The van der Waals surface area contributed by atoms with Crippen molar-refractivity contribution in [2.24, 2.45) is 0 Å². The number of anilines is 1. The average Bonchev–Trinajstić information content (AvgIpc) is 0.721. The fraction of sp³-hybridized carbons (Fsp3) is 0.767. The molecule has 1 atom stereocenters. The Bertz CT molecular complexity index is 3490. The Balaban J connectivity index is 0.839. The van der Waals surface area contributed by atoms with Crippen LogP contribution >= 0.6 is 0 Å². The van der Waals surface area contributed by atoms with E-state index in [0.29, 0.717) is 198 Å². The third-order valence-corrected chi connectivity index (χ3v) is 21.9. The predicted molar refractivity (Wildman–Crippen MR) is 471 cm³/mol. The van der Waals surface area contributed by atoms with Gasteiger partial charge in [-0.05, 0) is 55.2 Å². The fourth-order valence-electron chi connectivity index (χ4n) is 13.4. The van der Waals surface area contributed by atoms with Gasteiger partial charge in [0.15, 0.2) is 21.1 Å². The van der Waals surface area contributed by atoms with E-state index in [1.807, 2.05) is 0 Å². The van der Waals surface area contributed by atoms with Gasteiger partial charge in [-0.25, -0.2) is 0 Å². The van der Waals surface area contributed by atoms with Gasteiger partial charge in [0.1, 0.15) is 6.10 Å². The summed E-state index contributed by atoms with van der Waals surface area (Å²) in [6.07, 6.45) is 38.1. The number of carbonyl (C=O) groups is 2. The number of ether oxygens (including phenoxy) is 17. The number of hydrogen-bond acceptors (Lipinski definition) is 26. The lowest BCUT2D eigenvalue weighted by atomic mass is 9.90. The molecular formula is C90H154N4O26S2. The summed E-state index contributed by atoms with van der Waals surface area (Å²) in [7, 11) is -8.70. The summed E-state index contributed by atoms with van der Waals surface area (Å²) in [5.74, 6) is -1.36. The molecule has 1 aliphatic heterocycles. The number of hydrogen-bond donors (Lipinski definition) is 5. The number of nitrogen functional groups attached to an aromatic ring is 1. The molecule has 0 spiro atoms. The van der Waals surface area contributed by atoms with Crippen LogP contribution in [0.5, 0.6) is 0 Å². The zero-order valence-corrected chi connectivity index (χ0v) is 75.8. The highest BCUT2D eigenvalue weighted by atomic mass is 32.2. The Morgan fingerprint density at radius 1 is 0.402 bits per heavy atom. The third kappa shape index (κ3) is 53.6. The van der Waals surface area contributed by atoms with E-state index in [1.165, 1.54) is 203 Å². The molecule has 0 bridgehead atoms. The topological polar surface area (TPSA) is 378 Å². The smallest absolute Gasteiger partial charge is 0.300 e. The van der Waals surface area contributed by atoms with Gasteiger partial charge in [0.25, 0.3) is 26.1 Å². The summed E-state index contributed by atoms with van der Waals surface area (Å²) in [6.45, 7) is 20.3. The number of nitrogens with two attached hydrogens (primary N) is 1. The lowest BCUT2D eigenvalue weighted by molar-refractivity contribution is -0.121. The van der Waals surface area contributed by atoms with E-state index < -0.39 is 58.3 Å². The maximum absolute atomic E-state index is 14.1. The molecule has 122 heavy (non-hydrogen) atoms. The zero-order chi connectivity index (χ0) is 87.7. The first kappa shape index (κ1) is 109. The van der Waals surface area contributed by atoms with Crippen molar-refractivity contribution < 1.29 is 120 Å². The standard InChI is InChI=1S/C90H154N4O26S2/c1-4-6-8-10-12-14-16-18-20-22-24-26-28-32-44-117-75-77(119-45-33-29-27-25-23-21-19-17-15-13-11-9-7-5-2)76-118-74-73-116-72-71-115-70-69-114-68-67-113-66-65-112-64-63-111-62-61-110-60-59-109-58-57-108-56-55-107-54-53-106-52-51-105-50-49-104-48-47-103-46-42-93-84(95)37-34-43-94(3)90(96)79-36-31-30-35-78(79)85-80-38-40-82(91)88(121(97,98)99)86(80)120-87-81(85)39-41-83(92)89(87)122(100,101)102/h30-31,35-36,38-41,77,91H,4-29,32-34,37,42-76,92H2,1-3H3,(H,93,95)(H,97,98,99)(H,100,101,102). The van der Waals surface area contributed by atoms with Crippen LogP contribution in [-0.2, 0) is 106 Å². The first-order valence-corrected chi connectivity index (χ1v) is 48.3. The van der Waals surface area contributed by atoms with Crippen LogP contribution in [0.15, 0.2) is 62.7 Å². The largest absolute Gasteiger partial charge is 0.453 e. The number of nitrogens with zero attached hydrogens (tertiary/aromatic N) is 1. The summed E-state index contributed by atoms with van der Waals surface area (Å²) in [5.41, 5.74) is 5.34. The Labute approximate surface area is 729 Å². The second kappa shape index (κ2) is 74.0. The van der Waals surface area contributed by atoms with Gasteiger partial charge in [0.2, 0.25) is 5.91 Å². The van der Waals surface area contributed by atoms with Crippen LogP contribution in [-0.4, -0.2) is 287 Å². The van der Waals surface area contributed by atoms with E-state index >= 15 is 0 Å². The number of fused-ring (bicyclic) bond motifs is 2. The van der Waals surface area contributed by atoms with Crippen molar-refractivity contribution in [1.29, 1.82) is 5.41 Å². The molecule has 2 amide bonds. The summed E-state index contributed by atoms with van der Waals surface area (Å²) in [5, 5.41) is 10.4. The maximum atomic E-state index is 14.1. The number of unbranched alkanes of at least 4 members (excludes halogenated alkanes) is 26. The Morgan fingerprint density at radius 2 is 0.738 bits per heavy atom. The second-order valence-electron chi connectivity index (χ2n) is 30.2. The lowest BCUT2D eigenvalue weighted by Gasteiger charge is -2.22. The van der Waals surface area contributed by atoms with Crippen LogP contribution in [0, 0.1) is 5.41 Å². The molecule has 1 aliphatic carbocycles. The third-order valence-electron chi connectivity index (χ3n) is 20.1. The molecule has 2 aromatic carbocycles. The highest BCUT2D eigenvalue weighted by molar-refractivity contribution is 7.86. The van der Waals surface area contributed by atoms with Crippen molar-refractivity contribution in [2.45, 2.75) is 222 Å². The van der Waals surface area contributed by atoms with Crippen LogP contribution in [0.25, 0.3) is 33.4 Å². The van der Waals surface area contributed by atoms with Crippen LogP contribution in [0.2, 0.25) is 0 Å². The molecule has 702 valence electrons. The van der Waals surface area contributed by atoms with Crippen LogP contribution in [0.1, 0.15) is 217 Å². The van der Waals surface area contributed by atoms with E-state index in [-0.39, 0.29) is 72.2 Å². The molecule has 0 saturated carbocycles. The average molecular weight is 1770 g/mol. The molecular weight excluding hydrogens is 1620 g/mol. The minimum atomic E-state index is -5.14. The lowest BCUT2D eigenvalue weighted by Crippen LogP contribution is -2.31. The van der Waals surface area contributed by atoms with Crippen LogP contribution in [0.3, 0.4) is 0 Å². The molecule has 32 heteroatoms. The van der Waals surface area contributed by atoms with Gasteiger partial charge in [-0.1, -0.05) is 199 Å². The summed E-state index contributed by atoms with van der Waals surface area (Å²) >= 11 is 0. The predicted octanol–water partition coefficient (Wildman–Crippen LogP) is 14.3. The fourth-order valence-corrected chi connectivity index (χ4v) is 14.9. The summed E-state index contributed by atoms with van der Waals surface area (Å²) in [4.78, 5) is 26.3. The number of benzene rings is 3. The van der Waals surface area contributed by atoms with E-state index in [9.17, 15) is 35.5 Å². The molecule has 0 radical (unpaired) electrons. The normalized spacial score (nSPS) is 12.3. The van der Waals surface area contributed by atoms with Crippen molar-refractivity contribution in [3.05, 3.63) is 59.5 Å². The number of nitrogens with one attached hydrogen (secondary N) is 2. The Morgan fingerprint density at radius 3 is 1.11 bits per heavy atom. The second-order valence-corrected chi connectivity index (χ2v) is 33.0. The summed E-state index contributed by atoms with van der Waals surface area (Å²) in [6, 6.07) is 11.3. The first-order chi connectivity index (χ1) is 59.6.